The van der Waals surface area contributed by atoms with Gasteiger partial charge in [-0.1, -0.05) is 152 Å². The maximum atomic E-state index is 11.8. The maximum absolute atomic E-state index is 11.8. The summed E-state index contributed by atoms with van der Waals surface area (Å²) in [7, 11) is 0. The van der Waals surface area contributed by atoms with Crippen LogP contribution >= 0.6 is 0 Å². The Hall–Kier alpha value is -5.72. The molecule has 0 aromatic heterocycles. The first kappa shape index (κ1) is 61.3. The molecule has 4 aromatic rings. The van der Waals surface area contributed by atoms with Crippen molar-refractivity contribution in [3.63, 3.8) is 0 Å². The van der Waals surface area contributed by atoms with Crippen molar-refractivity contribution in [1.29, 1.82) is 0 Å². The molecular formula is C57H86N4O8. The van der Waals surface area contributed by atoms with Crippen molar-refractivity contribution in [1.82, 2.24) is 21.5 Å². The van der Waals surface area contributed by atoms with E-state index in [9.17, 15) is 19.2 Å². The normalized spacial score (nSPS) is 11.0. The molecule has 4 aromatic carbocycles. The van der Waals surface area contributed by atoms with E-state index in [0.717, 1.165) is 48.3 Å². The Labute approximate surface area is 415 Å². The third-order valence-corrected chi connectivity index (χ3v) is 10.2. The van der Waals surface area contributed by atoms with Crippen LogP contribution < -0.4 is 21.5 Å². The minimum atomic E-state index is -0.556. The Kier molecular flexibility index (Phi) is 32.2. The van der Waals surface area contributed by atoms with Crippen LogP contribution in [-0.2, 0) is 75.7 Å². The van der Waals surface area contributed by atoms with Crippen LogP contribution in [0, 0.1) is 11.8 Å². The molecule has 0 radical (unpaired) electrons. The quantitative estimate of drug-likeness (QED) is 0.0342. The van der Waals surface area contributed by atoms with Crippen LogP contribution in [0.3, 0.4) is 0 Å². The van der Waals surface area contributed by atoms with E-state index < -0.39 is 24.3 Å². The molecule has 0 aliphatic carbocycles. The summed E-state index contributed by atoms with van der Waals surface area (Å²) in [5.41, 5.74) is 14.8. The van der Waals surface area contributed by atoms with Crippen molar-refractivity contribution in [3.05, 3.63) is 142 Å². The topological polar surface area (TPSA) is 153 Å². The summed E-state index contributed by atoms with van der Waals surface area (Å²) < 4.78 is 20.6. The molecule has 0 saturated carbocycles. The van der Waals surface area contributed by atoms with Crippen LogP contribution in [0.2, 0.25) is 0 Å². The molecule has 4 N–H and O–H groups in total. The van der Waals surface area contributed by atoms with Crippen LogP contribution in [0.25, 0.3) is 0 Å². The van der Waals surface area contributed by atoms with E-state index in [0.29, 0.717) is 26.2 Å². The van der Waals surface area contributed by atoms with Crippen molar-refractivity contribution >= 4 is 24.1 Å². The van der Waals surface area contributed by atoms with Gasteiger partial charge in [-0.3, -0.25) is 10.2 Å². The number of Topliss-reactive ketones (excluding diaryl/α,β-unsaturated/α-hetero) is 1. The lowest BCUT2D eigenvalue weighted by Gasteiger charge is -2.14. The van der Waals surface area contributed by atoms with Gasteiger partial charge in [0.25, 0.3) is 0 Å². The molecule has 0 bridgehead atoms. The molecule has 3 amide bonds. The number of alkyl carbamates (subject to hydrolysis) is 2. The van der Waals surface area contributed by atoms with E-state index >= 15 is 0 Å². The first-order chi connectivity index (χ1) is 32.9. The van der Waals surface area contributed by atoms with Crippen molar-refractivity contribution in [2.24, 2.45) is 11.8 Å². The molecule has 0 aliphatic rings. The molecule has 1 atom stereocenters. The van der Waals surface area contributed by atoms with Gasteiger partial charge in [0.1, 0.15) is 19.8 Å². The van der Waals surface area contributed by atoms with Crippen LogP contribution in [0.5, 0.6) is 0 Å². The molecule has 12 heteroatoms. The molecule has 12 nitrogen and oxygen atoms in total. The predicted molar refractivity (Wildman–Crippen MR) is 280 cm³/mol. The number of carbonyl (C=O) groups excluding carboxylic acids is 4. The van der Waals surface area contributed by atoms with Crippen LogP contribution in [0.4, 0.5) is 14.4 Å². The summed E-state index contributed by atoms with van der Waals surface area (Å²) in [5, 5.41) is 5.21. The number of ether oxygens (including phenoxy) is 4. The van der Waals surface area contributed by atoms with Crippen molar-refractivity contribution in [2.75, 3.05) is 13.2 Å². The SMILES string of the molecule is CCc1ccc(CC(C)C)cc1.CCc1ccc(COC(=O)NC(C)C(=O)CC(C)C)cc1.CCc1ccc(COC(=O)NCCOC(C)C)cc1.CCc1ccc(COC(=O)NNC(C)C)cc1. The summed E-state index contributed by atoms with van der Waals surface area (Å²) in [6.07, 6.45) is 4.56. The fourth-order valence-corrected chi connectivity index (χ4v) is 6.06. The summed E-state index contributed by atoms with van der Waals surface area (Å²) in [6, 6.07) is 32.7. The predicted octanol–water partition coefficient (Wildman–Crippen LogP) is 12.2. The molecule has 0 heterocycles. The average Bonchev–Trinajstić information content (AvgIpc) is 3.33. The minimum Gasteiger partial charge on any atom is -0.445 e. The van der Waals surface area contributed by atoms with Gasteiger partial charge in [0, 0.05) is 19.0 Å². The van der Waals surface area contributed by atoms with Crippen molar-refractivity contribution in [2.45, 2.75) is 167 Å². The highest BCUT2D eigenvalue weighted by atomic mass is 16.6. The molecule has 382 valence electrons. The molecule has 1 unspecified atom stereocenters. The van der Waals surface area contributed by atoms with Crippen LogP contribution in [0.1, 0.15) is 141 Å². The Balaban J connectivity index is 0.000000467. The van der Waals surface area contributed by atoms with Gasteiger partial charge in [-0.05, 0) is 123 Å². The Morgan fingerprint density at radius 1 is 0.464 bits per heavy atom. The third kappa shape index (κ3) is 31.1. The Bertz CT molecular complexity index is 1980. The number of nitrogens with one attached hydrogen (secondary N) is 4. The van der Waals surface area contributed by atoms with Gasteiger partial charge >= 0.3 is 18.3 Å². The largest absolute Gasteiger partial charge is 0.445 e. The van der Waals surface area contributed by atoms with E-state index in [1.165, 1.54) is 34.2 Å². The first-order valence-corrected chi connectivity index (χ1v) is 24.8. The number of rotatable bonds is 22. The number of hydrazine groups is 1. The molecule has 4 rings (SSSR count). The van der Waals surface area contributed by atoms with Gasteiger partial charge in [0.2, 0.25) is 0 Å². The lowest BCUT2D eigenvalue weighted by molar-refractivity contribution is -0.121. The number of benzene rings is 4. The fraction of sp³-hybridized carbons (Fsp3) is 0.509. The van der Waals surface area contributed by atoms with Gasteiger partial charge in [0.05, 0.1) is 18.8 Å². The second-order valence-electron chi connectivity index (χ2n) is 18.2. The monoisotopic (exact) mass is 955 g/mol. The van der Waals surface area contributed by atoms with Crippen molar-refractivity contribution in [3.8, 4) is 0 Å². The molecule has 0 aliphatic heterocycles. The maximum Gasteiger partial charge on any atom is 0.421 e. The van der Waals surface area contributed by atoms with Gasteiger partial charge in [-0.2, -0.15) is 0 Å². The molecule has 0 spiro atoms. The number of aryl methyl sites for hydroxylation is 4. The van der Waals surface area contributed by atoms with Gasteiger partial charge in [0.15, 0.2) is 5.78 Å². The van der Waals surface area contributed by atoms with Crippen molar-refractivity contribution < 1.29 is 38.1 Å². The smallest absolute Gasteiger partial charge is 0.421 e. The summed E-state index contributed by atoms with van der Waals surface area (Å²) in [5.74, 6) is 1.07. The minimum absolute atomic E-state index is 0.0225. The zero-order valence-electron chi connectivity index (χ0n) is 44.2. The zero-order valence-corrected chi connectivity index (χ0v) is 44.2. The highest BCUT2D eigenvalue weighted by molar-refractivity contribution is 5.87. The lowest BCUT2D eigenvalue weighted by atomic mass is 10.0. The van der Waals surface area contributed by atoms with Gasteiger partial charge < -0.3 is 29.6 Å². The molecule has 0 saturated heterocycles. The fourth-order valence-electron chi connectivity index (χ4n) is 6.06. The first-order valence-electron chi connectivity index (χ1n) is 24.8. The van der Waals surface area contributed by atoms with E-state index in [1.54, 1.807) is 6.92 Å². The summed E-state index contributed by atoms with van der Waals surface area (Å²) in [4.78, 5) is 46.1. The third-order valence-electron chi connectivity index (χ3n) is 10.2. The second kappa shape index (κ2) is 36.3. The van der Waals surface area contributed by atoms with E-state index in [1.807, 2.05) is 114 Å². The Morgan fingerprint density at radius 2 is 0.826 bits per heavy atom. The van der Waals surface area contributed by atoms with E-state index in [4.69, 9.17) is 18.9 Å². The van der Waals surface area contributed by atoms with Gasteiger partial charge in [-0.15, -0.1) is 0 Å². The lowest BCUT2D eigenvalue weighted by Crippen LogP contribution is -2.41. The number of hydrogen-bond acceptors (Lipinski definition) is 9. The standard InChI is InChI=1S/C17H25NO3.C15H23NO3.C13H20N2O2.C12H18/c1-5-14-6-8-15(9-7-14)11-21-17(20)18-13(4)16(19)10-12(2)3;1-4-13-5-7-14(8-6-13)11-19-15(17)16-9-10-18-12(2)3;1-4-11-5-7-12(8-6-11)9-17-13(16)15-14-10(2)3;1-4-11-5-7-12(8-6-11)9-10(2)3/h6-9,12-13H,5,10-11H2,1-4H3,(H,18,20);5-8,12H,4,9-11H2,1-3H3,(H,16,17);5-8,10,14H,4,9H2,1-3H3,(H,15,16);5-8,10H,4,9H2,1-3H3. The number of carbonyl (C=O) groups is 4. The van der Waals surface area contributed by atoms with Crippen LogP contribution in [-0.4, -0.2) is 55.4 Å². The van der Waals surface area contributed by atoms with E-state index in [-0.39, 0.29) is 37.1 Å². The molecule has 69 heavy (non-hydrogen) atoms. The molecular weight excluding hydrogens is 869 g/mol. The summed E-state index contributed by atoms with van der Waals surface area (Å²) in [6.45, 7) is 28.2. The van der Waals surface area contributed by atoms with Crippen LogP contribution in [0.15, 0.2) is 97.1 Å². The zero-order chi connectivity index (χ0) is 51.6. The van der Waals surface area contributed by atoms with Gasteiger partial charge in [-0.25, -0.2) is 19.8 Å². The highest BCUT2D eigenvalue weighted by Crippen LogP contribution is 2.11. The average molecular weight is 955 g/mol. The molecule has 0 fully saturated rings. The number of ketones is 1. The second-order valence-corrected chi connectivity index (χ2v) is 18.2. The van der Waals surface area contributed by atoms with E-state index in [2.05, 4.69) is 87.3 Å². The number of amides is 3. The summed E-state index contributed by atoms with van der Waals surface area (Å²) >= 11 is 0. The Morgan fingerprint density at radius 3 is 1.17 bits per heavy atom. The highest BCUT2D eigenvalue weighted by Gasteiger charge is 2.17. The number of hydrogen-bond donors (Lipinski definition) is 4.